The van der Waals surface area contributed by atoms with Crippen molar-refractivity contribution in [3.63, 3.8) is 0 Å². The molecule has 0 amide bonds. The van der Waals surface area contributed by atoms with E-state index >= 15 is 0 Å². The van der Waals surface area contributed by atoms with Gasteiger partial charge in [0.05, 0.1) is 6.61 Å². The van der Waals surface area contributed by atoms with Gasteiger partial charge in [-0.2, -0.15) is 0 Å². The first-order chi connectivity index (χ1) is 19.8. The molecule has 4 N–H and O–H groups in total. The fourth-order valence-electron chi connectivity index (χ4n) is 6.72. The summed E-state index contributed by atoms with van der Waals surface area (Å²) >= 11 is 0. The van der Waals surface area contributed by atoms with E-state index in [-0.39, 0.29) is 5.60 Å². The molecule has 0 bridgehead atoms. The van der Waals surface area contributed by atoms with Crippen LogP contribution in [0, 0.1) is 38.5 Å². The SMILES string of the molecule is Cc1c(C)c2c(c(C)c1O[C@@H]1O[C@H](CO)[C@@H](O)[C@H](O)[C@H]1O)CC[C@](C)(CCC[C@@H](C)CCC[C@@H](C)CCCC(C)C)O2. The average molecular weight is 593 g/mol. The van der Waals surface area contributed by atoms with Gasteiger partial charge in [0.2, 0.25) is 6.29 Å². The maximum absolute atomic E-state index is 10.5. The second-order valence-electron chi connectivity index (χ2n) is 14.2. The van der Waals surface area contributed by atoms with Crippen LogP contribution in [0.1, 0.15) is 121 Å². The Labute approximate surface area is 255 Å². The summed E-state index contributed by atoms with van der Waals surface area (Å²) in [5.74, 6) is 3.91. The lowest BCUT2D eigenvalue weighted by atomic mass is 9.83. The molecule has 7 nitrogen and oxygen atoms in total. The second-order valence-corrected chi connectivity index (χ2v) is 14.2. The van der Waals surface area contributed by atoms with Gasteiger partial charge in [-0.25, -0.2) is 0 Å². The molecule has 8 atom stereocenters. The summed E-state index contributed by atoms with van der Waals surface area (Å²) in [5, 5.41) is 40.4. The van der Waals surface area contributed by atoms with Crippen molar-refractivity contribution in [1.82, 2.24) is 0 Å². The van der Waals surface area contributed by atoms with E-state index in [4.69, 9.17) is 14.2 Å². The lowest BCUT2D eigenvalue weighted by molar-refractivity contribution is -0.277. The number of benzene rings is 1. The average Bonchev–Trinajstić information content (AvgIpc) is 2.93. The molecule has 0 saturated carbocycles. The molecule has 0 unspecified atom stereocenters. The van der Waals surface area contributed by atoms with E-state index < -0.39 is 37.3 Å². The van der Waals surface area contributed by atoms with Crippen molar-refractivity contribution < 1.29 is 34.6 Å². The van der Waals surface area contributed by atoms with Crippen LogP contribution in [0.2, 0.25) is 0 Å². The van der Waals surface area contributed by atoms with Crippen LogP contribution >= 0.6 is 0 Å². The van der Waals surface area contributed by atoms with Gasteiger partial charge < -0.3 is 34.6 Å². The molecule has 1 aromatic carbocycles. The van der Waals surface area contributed by atoms with E-state index in [0.29, 0.717) is 5.75 Å². The van der Waals surface area contributed by atoms with E-state index in [1.54, 1.807) is 0 Å². The standard InChI is InChI=1S/C35H60O7/c1-21(2)12-9-13-22(3)14-10-15-23(4)16-11-18-35(8)19-17-27-26(7)32(24(5)25(6)33(27)42-35)41-34-31(39)30(38)29(37)28(20-36)40-34/h21-23,28-31,34,36-39H,9-20H2,1-8H3/t22-,23-,28+,29+,30-,31+,34-,35-/m0/s1. The molecule has 1 aromatic rings. The van der Waals surface area contributed by atoms with Gasteiger partial charge in [0, 0.05) is 5.56 Å². The van der Waals surface area contributed by atoms with Gasteiger partial charge in [-0.15, -0.1) is 0 Å². The van der Waals surface area contributed by atoms with Crippen LogP contribution in [0.25, 0.3) is 0 Å². The van der Waals surface area contributed by atoms with Crippen LogP contribution in [0.5, 0.6) is 11.5 Å². The number of aliphatic hydroxyl groups excluding tert-OH is 4. The number of ether oxygens (including phenoxy) is 3. The predicted molar refractivity (Wildman–Crippen MR) is 167 cm³/mol. The van der Waals surface area contributed by atoms with Gasteiger partial charge >= 0.3 is 0 Å². The minimum atomic E-state index is -1.48. The van der Waals surface area contributed by atoms with Crippen molar-refractivity contribution in [2.45, 2.75) is 162 Å². The molecule has 1 fully saturated rings. The van der Waals surface area contributed by atoms with Crippen LogP contribution in [0.15, 0.2) is 0 Å². The Morgan fingerprint density at radius 3 is 2.00 bits per heavy atom. The quantitative estimate of drug-likeness (QED) is 0.189. The van der Waals surface area contributed by atoms with Gasteiger partial charge in [0.25, 0.3) is 0 Å². The van der Waals surface area contributed by atoms with E-state index in [1.807, 2.05) is 20.8 Å². The van der Waals surface area contributed by atoms with Crippen molar-refractivity contribution >= 4 is 0 Å². The van der Waals surface area contributed by atoms with Gasteiger partial charge in [-0.3, -0.25) is 0 Å². The first-order valence-electron chi connectivity index (χ1n) is 16.6. The molecule has 0 spiro atoms. The van der Waals surface area contributed by atoms with Crippen LogP contribution in [-0.2, 0) is 11.2 Å². The molecule has 0 aliphatic carbocycles. The van der Waals surface area contributed by atoms with Crippen LogP contribution in [0.4, 0.5) is 0 Å². The molecule has 1 saturated heterocycles. The first-order valence-corrected chi connectivity index (χ1v) is 16.6. The first kappa shape index (κ1) is 35.1. The molecule has 2 aliphatic rings. The third-order valence-electron chi connectivity index (χ3n) is 9.92. The van der Waals surface area contributed by atoms with Gasteiger partial charge in [0.15, 0.2) is 0 Å². The summed E-state index contributed by atoms with van der Waals surface area (Å²) in [6, 6.07) is 0. The molecule has 0 radical (unpaired) electrons. The Morgan fingerprint density at radius 2 is 1.40 bits per heavy atom. The highest BCUT2D eigenvalue weighted by Gasteiger charge is 2.45. The molecular weight excluding hydrogens is 532 g/mol. The Bertz CT molecular complexity index is 992. The third-order valence-corrected chi connectivity index (χ3v) is 9.92. The summed E-state index contributed by atoms with van der Waals surface area (Å²) in [6.45, 7) is 17.2. The number of hydrogen-bond donors (Lipinski definition) is 4. The van der Waals surface area contributed by atoms with E-state index in [0.717, 1.165) is 71.4 Å². The number of aliphatic hydroxyl groups is 4. The summed E-state index contributed by atoms with van der Waals surface area (Å²) in [7, 11) is 0. The van der Waals surface area contributed by atoms with Crippen LogP contribution in [-0.4, -0.2) is 63.3 Å². The molecule has 2 heterocycles. The van der Waals surface area contributed by atoms with Gasteiger partial charge in [-0.05, 0) is 87.8 Å². The van der Waals surface area contributed by atoms with E-state index in [2.05, 4.69) is 34.6 Å². The Balaban J connectivity index is 1.55. The monoisotopic (exact) mass is 592 g/mol. The third kappa shape index (κ3) is 8.84. The Morgan fingerprint density at radius 1 is 0.810 bits per heavy atom. The number of fused-ring (bicyclic) bond motifs is 1. The molecule has 7 heteroatoms. The molecule has 2 aliphatic heterocycles. The van der Waals surface area contributed by atoms with Crippen molar-refractivity contribution in [2.24, 2.45) is 17.8 Å². The summed E-state index contributed by atoms with van der Waals surface area (Å²) in [4.78, 5) is 0. The lowest BCUT2D eigenvalue weighted by Gasteiger charge is -2.41. The van der Waals surface area contributed by atoms with Crippen molar-refractivity contribution in [3.8, 4) is 11.5 Å². The second kappa shape index (κ2) is 15.6. The Hall–Kier alpha value is -1.38. The van der Waals surface area contributed by atoms with Crippen molar-refractivity contribution in [1.29, 1.82) is 0 Å². The fraction of sp³-hybridized carbons (Fsp3) is 0.829. The van der Waals surface area contributed by atoms with Crippen LogP contribution in [0.3, 0.4) is 0 Å². The maximum Gasteiger partial charge on any atom is 0.229 e. The smallest absolute Gasteiger partial charge is 0.229 e. The highest BCUT2D eigenvalue weighted by atomic mass is 16.7. The fourth-order valence-corrected chi connectivity index (χ4v) is 6.72. The zero-order chi connectivity index (χ0) is 31.2. The zero-order valence-corrected chi connectivity index (χ0v) is 27.6. The topological polar surface area (TPSA) is 109 Å². The largest absolute Gasteiger partial charge is 0.487 e. The molecule has 0 aromatic heterocycles. The normalized spacial score (nSPS) is 29.2. The van der Waals surface area contributed by atoms with Crippen molar-refractivity contribution in [3.05, 3.63) is 22.3 Å². The van der Waals surface area contributed by atoms with Gasteiger partial charge in [0.1, 0.15) is 41.5 Å². The van der Waals surface area contributed by atoms with Crippen molar-refractivity contribution in [2.75, 3.05) is 6.61 Å². The highest BCUT2D eigenvalue weighted by Crippen LogP contribution is 2.45. The van der Waals surface area contributed by atoms with Crippen LogP contribution < -0.4 is 9.47 Å². The van der Waals surface area contributed by atoms with Gasteiger partial charge in [-0.1, -0.05) is 72.6 Å². The predicted octanol–water partition coefficient (Wildman–Crippen LogP) is 6.31. The molecular formula is C35H60O7. The molecule has 42 heavy (non-hydrogen) atoms. The minimum Gasteiger partial charge on any atom is -0.487 e. The maximum atomic E-state index is 10.5. The summed E-state index contributed by atoms with van der Waals surface area (Å²) < 4.78 is 18.5. The van der Waals surface area contributed by atoms with E-state index in [1.165, 1.54) is 44.9 Å². The lowest BCUT2D eigenvalue weighted by Crippen LogP contribution is -2.60. The zero-order valence-electron chi connectivity index (χ0n) is 27.6. The number of hydrogen-bond acceptors (Lipinski definition) is 7. The minimum absolute atomic E-state index is 0.207. The molecule has 242 valence electrons. The number of rotatable bonds is 15. The molecule has 3 rings (SSSR count). The summed E-state index contributed by atoms with van der Waals surface area (Å²) in [6.07, 6.45) is 6.72. The van der Waals surface area contributed by atoms with E-state index in [9.17, 15) is 20.4 Å². The summed E-state index contributed by atoms with van der Waals surface area (Å²) in [5.41, 5.74) is 3.71. The Kier molecular flexibility index (Phi) is 13.0. The highest BCUT2D eigenvalue weighted by molar-refractivity contribution is 5.59.